The van der Waals surface area contributed by atoms with Gasteiger partial charge in [0.05, 0.1) is 32.5 Å². The lowest BCUT2D eigenvalue weighted by Crippen LogP contribution is -2.11. The predicted octanol–water partition coefficient (Wildman–Crippen LogP) is 3.21. The maximum Gasteiger partial charge on any atom is 0.258 e. The molecule has 2 aromatic carbocycles. The fraction of sp³-hybridized carbons (Fsp3) is 0.200. The first-order valence-corrected chi connectivity index (χ1v) is 8.34. The van der Waals surface area contributed by atoms with Crippen LogP contribution >= 0.6 is 0 Å². The second-order valence-corrected chi connectivity index (χ2v) is 6.13. The van der Waals surface area contributed by atoms with Crippen LogP contribution in [0, 0.1) is 6.92 Å². The van der Waals surface area contributed by atoms with Crippen LogP contribution < -0.4 is 14.8 Å². The number of carbonyl (C=O) groups excluding carboxylic acids is 1. The second-order valence-electron chi connectivity index (χ2n) is 6.13. The van der Waals surface area contributed by atoms with E-state index in [1.54, 1.807) is 37.2 Å². The molecule has 0 aliphatic carbocycles. The van der Waals surface area contributed by atoms with Gasteiger partial charge in [-0.3, -0.25) is 9.48 Å². The Morgan fingerprint density at radius 3 is 2.63 bits per heavy atom. The Balaban J connectivity index is 1.71. The summed E-state index contributed by atoms with van der Waals surface area (Å²) in [5.74, 6) is 1.11. The normalized spacial score (nSPS) is 10.5. The Hall–Kier alpha value is -3.48. The van der Waals surface area contributed by atoms with Crippen LogP contribution in [-0.2, 0) is 6.54 Å². The van der Waals surface area contributed by atoms with Crippen molar-refractivity contribution in [2.24, 2.45) is 0 Å². The number of hydrogen-bond acceptors (Lipinski definition) is 5. The summed E-state index contributed by atoms with van der Waals surface area (Å²) in [6.45, 7) is 2.33. The van der Waals surface area contributed by atoms with Crippen molar-refractivity contribution in [2.45, 2.75) is 13.5 Å². The molecule has 1 aromatic heterocycles. The van der Waals surface area contributed by atoms with Crippen molar-refractivity contribution in [1.82, 2.24) is 9.78 Å². The van der Waals surface area contributed by atoms with E-state index in [1.807, 2.05) is 25.1 Å². The number of amides is 1. The van der Waals surface area contributed by atoms with Gasteiger partial charge in [-0.1, -0.05) is 6.07 Å². The third-order valence-electron chi connectivity index (χ3n) is 4.01. The van der Waals surface area contributed by atoms with Crippen molar-refractivity contribution in [3.8, 4) is 17.2 Å². The minimum Gasteiger partial charge on any atom is -0.508 e. The molecule has 3 rings (SSSR count). The van der Waals surface area contributed by atoms with Gasteiger partial charge in [-0.25, -0.2) is 0 Å². The van der Waals surface area contributed by atoms with Crippen LogP contribution in [0.2, 0.25) is 0 Å². The van der Waals surface area contributed by atoms with E-state index in [1.165, 1.54) is 12.3 Å². The van der Waals surface area contributed by atoms with Crippen LogP contribution in [0.25, 0.3) is 0 Å². The average Bonchev–Trinajstić information content (AvgIpc) is 3.09. The van der Waals surface area contributed by atoms with E-state index in [2.05, 4.69) is 10.4 Å². The third-order valence-corrected chi connectivity index (χ3v) is 4.01. The van der Waals surface area contributed by atoms with Crippen molar-refractivity contribution in [1.29, 1.82) is 0 Å². The summed E-state index contributed by atoms with van der Waals surface area (Å²) < 4.78 is 12.2. The largest absolute Gasteiger partial charge is 0.508 e. The van der Waals surface area contributed by atoms with Gasteiger partial charge in [-0.05, 0) is 42.3 Å². The number of phenols is 1. The van der Waals surface area contributed by atoms with E-state index in [0.717, 1.165) is 11.1 Å². The fourth-order valence-electron chi connectivity index (χ4n) is 2.77. The number of carbonyl (C=O) groups is 1. The van der Waals surface area contributed by atoms with Gasteiger partial charge < -0.3 is 19.9 Å². The Morgan fingerprint density at radius 2 is 1.93 bits per heavy atom. The van der Waals surface area contributed by atoms with Crippen molar-refractivity contribution in [3.05, 3.63) is 65.5 Å². The highest BCUT2D eigenvalue weighted by atomic mass is 16.5. The number of methoxy groups -OCH3 is 2. The molecule has 0 fully saturated rings. The molecule has 1 amide bonds. The van der Waals surface area contributed by atoms with Crippen LogP contribution in [0.15, 0.2) is 48.8 Å². The topological polar surface area (TPSA) is 85.6 Å². The van der Waals surface area contributed by atoms with Gasteiger partial charge >= 0.3 is 0 Å². The molecule has 3 aromatic rings. The van der Waals surface area contributed by atoms with Gasteiger partial charge in [0.15, 0.2) is 11.5 Å². The monoisotopic (exact) mass is 367 g/mol. The van der Waals surface area contributed by atoms with Gasteiger partial charge in [0.2, 0.25) is 0 Å². The summed E-state index contributed by atoms with van der Waals surface area (Å²) in [5.41, 5.74) is 2.78. The molecule has 0 aliphatic rings. The number of aryl methyl sites for hydroxylation is 1. The number of aromatic nitrogens is 2. The fourth-order valence-corrected chi connectivity index (χ4v) is 2.77. The van der Waals surface area contributed by atoms with E-state index >= 15 is 0 Å². The van der Waals surface area contributed by atoms with Crippen LogP contribution in [0.4, 0.5) is 5.69 Å². The number of anilines is 1. The minimum absolute atomic E-state index is 0.106. The van der Waals surface area contributed by atoms with Gasteiger partial charge in [0.25, 0.3) is 5.91 Å². The van der Waals surface area contributed by atoms with Crippen molar-refractivity contribution >= 4 is 11.6 Å². The number of ether oxygens (including phenoxy) is 2. The van der Waals surface area contributed by atoms with Crippen LogP contribution in [-0.4, -0.2) is 35.0 Å². The molecule has 0 saturated heterocycles. The molecule has 1 heterocycles. The number of hydrogen-bond donors (Lipinski definition) is 2. The summed E-state index contributed by atoms with van der Waals surface area (Å²) in [6, 6.07) is 10.5. The molecule has 0 bridgehead atoms. The molecule has 7 heteroatoms. The predicted molar refractivity (Wildman–Crippen MR) is 102 cm³/mol. The third kappa shape index (κ3) is 4.38. The quantitative estimate of drug-likeness (QED) is 0.699. The number of benzene rings is 2. The summed E-state index contributed by atoms with van der Waals surface area (Å²) in [6.07, 6.45) is 3.17. The van der Waals surface area contributed by atoms with E-state index in [4.69, 9.17) is 9.47 Å². The molecule has 0 aliphatic heterocycles. The number of rotatable bonds is 6. The van der Waals surface area contributed by atoms with Crippen LogP contribution in [0.1, 0.15) is 21.5 Å². The van der Waals surface area contributed by atoms with E-state index < -0.39 is 0 Å². The Labute approximate surface area is 157 Å². The summed E-state index contributed by atoms with van der Waals surface area (Å²) in [7, 11) is 3.17. The Bertz CT molecular complexity index is 945. The Morgan fingerprint density at radius 1 is 1.15 bits per heavy atom. The lowest BCUT2D eigenvalue weighted by molar-refractivity contribution is 0.102. The first kappa shape index (κ1) is 18.3. The van der Waals surface area contributed by atoms with Crippen molar-refractivity contribution < 1.29 is 19.4 Å². The number of aromatic hydroxyl groups is 1. The molecule has 27 heavy (non-hydrogen) atoms. The maximum atomic E-state index is 12.4. The SMILES string of the molecule is COc1ccc(Cn2cc(C(=O)Nc3cc(C)cc(O)c3)cn2)cc1OC. The number of phenolic OH excluding ortho intramolecular Hbond substituents is 1. The highest BCUT2D eigenvalue weighted by Gasteiger charge is 2.11. The van der Waals surface area contributed by atoms with Gasteiger partial charge in [-0.2, -0.15) is 5.10 Å². The lowest BCUT2D eigenvalue weighted by atomic mass is 10.2. The molecule has 0 atom stereocenters. The van der Waals surface area contributed by atoms with Crippen LogP contribution in [0.5, 0.6) is 17.2 Å². The summed E-state index contributed by atoms with van der Waals surface area (Å²) >= 11 is 0. The summed E-state index contributed by atoms with van der Waals surface area (Å²) in [5, 5.41) is 16.6. The Kier molecular flexibility index (Phi) is 5.30. The molecular weight excluding hydrogens is 346 g/mol. The summed E-state index contributed by atoms with van der Waals surface area (Å²) in [4.78, 5) is 12.4. The molecule has 0 saturated carbocycles. The standard InChI is InChI=1S/C20H21N3O4/c1-13-6-16(9-17(24)7-13)22-20(25)15-10-21-23(12-15)11-14-4-5-18(26-2)19(8-14)27-3/h4-10,12,24H,11H2,1-3H3,(H,22,25). The zero-order valence-electron chi connectivity index (χ0n) is 15.4. The smallest absolute Gasteiger partial charge is 0.258 e. The highest BCUT2D eigenvalue weighted by Crippen LogP contribution is 2.27. The number of nitrogens with zero attached hydrogens (tertiary/aromatic N) is 2. The first-order valence-electron chi connectivity index (χ1n) is 8.34. The first-order chi connectivity index (χ1) is 13.0. The molecule has 140 valence electrons. The molecule has 0 radical (unpaired) electrons. The minimum atomic E-state index is -0.293. The molecule has 0 spiro atoms. The van der Waals surface area contributed by atoms with E-state index in [-0.39, 0.29) is 11.7 Å². The second kappa shape index (κ2) is 7.82. The van der Waals surface area contributed by atoms with Gasteiger partial charge in [0.1, 0.15) is 5.75 Å². The van der Waals surface area contributed by atoms with Crippen LogP contribution in [0.3, 0.4) is 0 Å². The van der Waals surface area contributed by atoms with Crippen molar-refractivity contribution in [3.63, 3.8) is 0 Å². The van der Waals surface area contributed by atoms with E-state index in [0.29, 0.717) is 29.3 Å². The van der Waals surface area contributed by atoms with Gasteiger partial charge in [0, 0.05) is 18.0 Å². The molecule has 7 nitrogen and oxygen atoms in total. The zero-order chi connectivity index (χ0) is 19.4. The van der Waals surface area contributed by atoms with E-state index in [9.17, 15) is 9.90 Å². The maximum absolute atomic E-state index is 12.4. The average molecular weight is 367 g/mol. The zero-order valence-corrected chi connectivity index (χ0v) is 15.4. The molecular formula is C20H21N3O4. The van der Waals surface area contributed by atoms with Crippen molar-refractivity contribution in [2.75, 3.05) is 19.5 Å². The lowest BCUT2D eigenvalue weighted by Gasteiger charge is -2.09. The highest BCUT2D eigenvalue weighted by molar-refractivity contribution is 6.04. The molecule has 2 N–H and O–H groups in total. The van der Waals surface area contributed by atoms with Gasteiger partial charge in [-0.15, -0.1) is 0 Å². The number of nitrogens with one attached hydrogen (secondary N) is 1. The molecule has 0 unspecified atom stereocenters.